The van der Waals surface area contributed by atoms with Crippen molar-refractivity contribution in [1.29, 1.82) is 0 Å². The largest absolute Gasteiger partial charge is 0.457 e. The van der Waals surface area contributed by atoms with Gasteiger partial charge in [0, 0.05) is 24.2 Å². The summed E-state index contributed by atoms with van der Waals surface area (Å²) in [7, 11) is 0. The number of rotatable bonds is 6. The minimum atomic E-state index is 0.0490. The molecule has 0 saturated carbocycles. The van der Waals surface area contributed by atoms with Gasteiger partial charge in [-0.3, -0.25) is 0 Å². The number of hydrogen-bond acceptors (Lipinski definition) is 4. The number of para-hydroxylation sites is 1. The van der Waals surface area contributed by atoms with Gasteiger partial charge in [-0.2, -0.15) is 0 Å². The quantitative estimate of drug-likeness (QED) is 0.329. The zero-order chi connectivity index (χ0) is 15.1. The molecule has 0 fully saturated rings. The Kier molecular flexibility index (Phi) is 5.04. The van der Waals surface area contributed by atoms with Crippen molar-refractivity contribution >= 4 is 11.5 Å². The van der Waals surface area contributed by atoms with Gasteiger partial charge in [0.15, 0.2) is 0 Å². The van der Waals surface area contributed by atoms with Gasteiger partial charge in [0.25, 0.3) is 0 Å². The van der Waals surface area contributed by atoms with E-state index in [-0.39, 0.29) is 11.9 Å². The molecule has 1 unspecified atom stereocenters. The predicted molar refractivity (Wildman–Crippen MR) is 84.1 cm³/mol. The Morgan fingerprint density at radius 3 is 2.62 bits per heavy atom. The van der Waals surface area contributed by atoms with Crippen LogP contribution < -0.4 is 15.8 Å². The summed E-state index contributed by atoms with van der Waals surface area (Å²) in [6, 6.07) is 17.3. The van der Waals surface area contributed by atoms with Gasteiger partial charge in [-0.25, -0.2) is 0 Å². The monoisotopic (exact) mass is 285 g/mol. The first kappa shape index (κ1) is 14.7. The van der Waals surface area contributed by atoms with Gasteiger partial charge in [-0.05, 0) is 31.2 Å². The van der Waals surface area contributed by atoms with E-state index in [1.807, 2.05) is 61.5 Å². The number of anilines is 1. The molecule has 0 aliphatic rings. The van der Waals surface area contributed by atoms with Gasteiger partial charge in [0.1, 0.15) is 17.3 Å². The average Bonchev–Trinajstić information content (AvgIpc) is 2.48. The molecule has 0 amide bonds. The third-order valence-corrected chi connectivity index (χ3v) is 2.87. The van der Waals surface area contributed by atoms with E-state index in [1.54, 1.807) is 0 Å². The van der Waals surface area contributed by atoms with E-state index in [2.05, 4.69) is 10.5 Å². The van der Waals surface area contributed by atoms with Crippen LogP contribution in [0.4, 0.5) is 5.69 Å². The first-order valence-electron chi connectivity index (χ1n) is 6.73. The van der Waals surface area contributed by atoms with Crippen LogP contribution in [0.15, 0.2) is 59.8 Å². The van der Waals surface area contributed by atoms with Crippen LogP contribution in [0.25, 0.3) is 0 Å². The van der Waals surface area contributed by atoms with Crippen LogP contribution in [0.2, 0.25) is 0 Å². The predicted octanol–water partition coefficient (Wildman–Crippen LogP) is 3.42. The molecule has 0 aromatic heterocycles. The summed E-state index contributed by atoms with van der Waals surface area (Å²) < 4.78 is 5.77. The molecule has 0 aliphatic carbocycles. The van der Waals surface area contributed by atoms with Gasteiger partial charge < -0.3 is 21.0 Å². The molecule has 0 spiro atoms. The molecule has 21 heavy (non-hydrogen) atoms. The number of nitrogens with one attached hydrogen (secondary N) is 1. The highest BCUT2D eigenvalue weighted by molar-refractivity contribution is 5.80. The molecule has 2 rings (SSSR count). The van der Waals surface area contributed by atoms with Crippen molar-refractivity contribution in [1.82, 2.24) is 0 Å². The number of ether oxygens (including phenoxy) is 1. The normalized spacial score (nSPS) is 12.7. The lowest BCUT2D eigenvalue weighted by molar-refractivity contribution is 0.316. The Morgan fingerprint density at radius 1 is 1.19 bits per heavy atom. The van der Waals surface area contributed by atoms with E-state index >= 15 is 0 Å². The molecule has 5 heteroatoms. The summed E-state index contributed by atoms with van der Waals surface area (Å²) in [6.07, 6.45) is 0.459. The second kappa shape index (κ2) is 7.19. The maximum absolute atomic E-state index is 8.57. The number of amidine groups is 1. The van der Waals surface area contributed by atoms with E-state index in [0.717, 1.165) is 17.2 Å². The standard InChI is InChI=1S/C16H19N3O2/c1-12(10-16(17)19-20)18-13-6-5-9-15(11-13)21-14-7-3-2-4-8-14/h2-9,11-12,18,20H,10H2,1H3,(H2,17,19). The Morgan fingerprint density at radius 2 is 1.90 bits per heavy atom. The summed E-state index contributed by atoms with van der Waals surface area (Å²) in [5.41, 5.74) is 6.41. The molecule has 0 bridgehead atoms. The second-order valence-electron chi connectivity index (χ2n) is 4.78. The van der Waals surface area contributed by atoms with E-state index in [4.69, 9.17) is 15.7 Å². The van der Waals surface area contributed by atoms with Crippen LogP contribution in [0.3, 0.4) is 0 Å². The Hall–Kier alpha value is -2.69. The number of hydrogen-bond donors (Lipinski definition) is 3. The number of nitrogens with two attached hydrogens (primary N) is 1. The number of oxime groups is 1. The van der Waals surface area contributed by atoms with Gasteiger partial charge in [-0.15, -0.1) is 0 Å². The highest BCUT2D eigenvalue weighted by atomic mass is 16.5. The SMILES string of the molecule is CC(CC(N)=NO)Nc1cccc(Oc2ccccc2)c1. The van der Waals surface area contributed by atoms with Crippen LogP contribution >= 0.6 is 0 Å². The minimum Gasteiger partial charge on any atom is -0.457 e. The molecule has 0 radical (unpaired) electrons. The molecule has 0 heterocycles. The molecule has 110 valence electrons. The van der Waals surface area contributed by atoms with E-state index < -0.39 is 0 Å². The summed E-state index contributed by atoms with van der Waals surface area (Å²) >= 11 is 0. The third kappa shape index (κ3) is 4.72. The minimum absolute atomic E-state index is 0.0490. The van der Waals surface area contributed by atoms with Crippen molar-refractivity contribution in [2.75, 3.05) is 5.32 Å². The summed E-state index contributed by atoms with van der Waals surface area (Å²) in [5.74, 6) is 1.74. The van der Waals surface area contributed by atoms with Crippen molar-refractivity contribution in [3.05, 3.63) is 54.6 Å². The van der Waals surface area contributed by atoms with E-state index in [0.29, 0.717) is 6.42 Å². The van der Waals surface area contributed by atoms with Crippen molar-refractivity contribution in [3.63, 3.8) is 0 Å². The van der Waals surface area contributed by atoms with Crippen LogP contribution in [0, 0.1) is 0 Å². The van der Waals surface area contributed by atoms with Crippen LogP contribution in [0.1, 0.15) is 13.3 Å². The van der Waals surface area contributed by atoms with Crippen molar-refractivity contribution in [2.24, 2.45) is 10.9 Å². The first-order valence-corrected chi connectivity index (χ1v) is 6.73. The fourth-order valence-electron chi connectivity index (χ4n) is 1.96. The van der Waals surface area contributed by atoms with Gasteiger partial charge in [0.05, 0.1) is 0 Å². The lowest BCUT2D eigenvalue weighted by Gasteiger charge is -2.15. The first-order chi connectivity index (χ1) is 10.2. The van der Waals surface area contributed by atoms with Crippen molar-refractivity contribution < 1.29 is 9.94 Å². The second-order valence-corrected chi connectivity index (χ2v) is 4.78. The zero-order valence-corrected chi connectivity index (χ0v) is 11.9. The topological polar surface area (TPSA) is 79.9 Å². The lowest BCUT2D eigenvalue weighted by Crippen LogP contribution is -2.24. The molecule has 1 atom stereocenters. The van der Waals surface area contributed by atoms with Gasteiger partial charge in [-0.1, -0.05) is 29.4 Å². The van der Waals surface area contributed by atoms with E-state index in [1.165, 1.54) is 0 Å². The molecule has 2 aromatic rings. The Balaban J connectivity index is 2.01. The maximum Gasteiger partial charge on any atom is 0.141 e. The van der Waals surface area contributed by atoms with Crippen molar-refractivity contribution in [3.8, 4) is 11.5 Å². The van der Waals surface area contributed by atoms with Gasteiger partial charge in [0.2, 0.25) is 0 Å². The van der Waals surface area contributed by atoms with Crippen LogP contribution in [-0.2, 0) is 0 Å². The van der Waals surface area contributed by atoms with Crippen molar-refractivity contribution in [2.45, 2.75) is 19.4 Å². The Labute approximate surface area is 124 Å². The Bertz CT molecular complexity index is 599. The smallest absolute Gasteiger partial charge is 0.141 e. The van der Waals surface area contributed by atoms with Gasteiger partial charge >= 0.3 is 0 Å². The fraction of sp³-hybridized carbons (Fsp3) is 0.188. The highest BCUT2D eigenvalue weighted by Gasteiger charge is 2.06. The zero-order valence-electron chi connectivity index (χ0n) is 11.9. The maximum atomic E-state index is 8.57. The van der Waals surface area contributed by atoms with E-state index in [9.17, 15) is 0 Å². The van der Waals surface area contributed by atoms with Crippen LogP contribution in [-0.4, -0.2) is 17.1 Å². The third-order valence-electron chi connectivity index (χ3n) is 2.87. The summed E-state index contributed by atoms with van der Waals surface area (Å²) in [4.78, 5) is 0. The number of benzene rings is 2. The average molecular weight is 285 g/mol. The molecule has 0 saturated heterocycles. The van der Waals surface area contributed by atoms with Crippen LogP contribution in [0.5, 0.6) is 11.5 Å². The number of nitrogens with zero attached hydrogens (tertiary/aromatic N) is 1. The highest BCUT2D eigenvalue weighted by Crippen LogP contribution is 2.24. The molecule has 2 aromatic carbocycles. The summed E-state index contributed by atoms with van der Waals surface area (Å²) in [5, 5.41) is 14.8. The lowest BCUT2D eigenvalue weighted by atomic mass is 10.2. The fourth-order valence-corrected chi connectivity index (χ4v) is 1.96. The molecular formula is C16H19N3O2. The summed E-state index contributed by atoms with van der Waals surface area (Å²) in [6.45, 7) is 1.96. The molecule has 4 N–H and O–H groups in total. The molecule has 5 nitrogen and oxygen atoms in total. The molecule has 0 aliphatic heterocycles. The molecular weight excluding hydrogens is 266 g/mol.